The minimum absolute atomic E-state index is 0.00779. The predicted molar refractivity (Wildman–Crippen MR) is 80.4 cm³/mol. The van der Waals surface area contributed by atoms with Crippen LogP contribution in [0, 0.1) is 6.92 Å². The van der Waals surface area contributed by atoms with Gasteiger partial charge in [-0.25, -0.2) is 0 Å². The van der Waals surface area contributed by atoms with E-state index in [4.69, 9.17) is 5.11 Å². The summed E-state index contributed by atoms with van der Waals surface area (Å²) in [5.41, 5.74) is 2.79. The van der Waals surface area contributed by atoms with Crippen LogP contribution >= 0.6 is 0 Å². The van der Waals surface area contributed by atoms with Crippen LogP contribution in [0.1, 0.15) is 17.5 Å². The number of pyridine rings is 1. The van der Waals surface area contributed by atoms with Gasteiger partial charge in [0.25, 0.3) is 0 Å². The van der Waals surface area contributed by atoms with Crippen molar-refractivity contribution in [3.8, 4) is 5.69 Å². The number of hydrogen-bond acceptors (Lipinski definition) is 2. The van der Waals surface area contributed by atoms with E-state index < -0.39 is 0 Å². The van der Waals surface area contributed by atoms with Crippen molar-refractivity contribution in [1.82, 2.24) is 4.57 Å². The van der Waals surface area contributed by atoms with Gasteiger partial charge in [0.05, 0.1) is 0 Å². The number of aromatic nitrogens is 1. The zero-order valence-electron chi connectivity index (χ0n) is 11.0. The van der Waals surface area contributed by atoms with Crippen molar-refractivity contribution in [3.63, 3.8) is 0 Å². The summed E-state index contributed by atoms with van der Waals surface area (Å²) in [4.78, 5) is 12.4. The van der Waals surface area contributed by atoms with Gasteiger partial charge in [-0.15, -0.1) is 0 Å². The molecule has 1 atom stereocenters. The van der Waals surface area contributed by atoms with Crippen LogP contribution in [-0.4, -0.2) is 33.1 Å². The van der Waals surface area contributed by atoms with E-state index in [1.54, 1.807) is 27.6 Å². The Kier molecular flexibility index (Phi) is 4.62. The van der Waals surface area contributed by atoms with Crippen molar-refractivity contribution < 1.29 is 5.11 Å². The van der Waals surface area contributed by atoms with Gasteiger partial charge in [0.15, 0.2) is 0 Å². The first kappa shape index (κ1) is 14.1. The van der Waals surface area contributed by atoms with E-state index >= 15 is 0 Å². The molecular weight excluding hydrogens is 301 g/mol. The molecule has 0 aliphatic rings. The quantitative estimate of drug-likeness (QED) is 0.826. The Bertz CT molecular complexity index is 634. The normalized spacial score (nSPS) is 10.7. The van der Waals surface area contributed by atoms with Crippen LogP contribution in [0.15, 0.2) is 41.3 Å². The Morgan fingerprint density at radius 1 is 1.32 bits per heavy atom. The zero-order chi connectivity index (χ0) is 13.8. The molecule has 1 aromatic heterocycles. The summed E-state index contributed by atoms with van der Waals surface area (Å²) in [7, 11) is 0. The SMILES string of the molecule is Cc1cc([AsH2])ccc1-n1cccc(CCCO)c1=O. The molecule has 0 radical (unpaired) electrons. The van der Waals surface area contributed by atoms with E-state index in [0.29, 0.717) is 12.8 Å². The maximum atomic E-state index is 12.4. The van der Waals surface area contributed by atoms with Gasteiger partial charge in [-0.3, -0.25) is 0 Å². The Balaban J connectivity index is 2.48. The van der Waals surface area contributed by atoms with E-state index in [9.17, 15) is 4.79 Å². The van der Waals surface area contributed by atoms with Gasteiger partial charge in [0, 0.05) is 0 Å². The molecule has 0 fully saturated rings. The second-order valence-electron chi connectivity index (χ2n) is 4.58. The van der Waals surface area contributed by atoms with E-state index in [2.05, 4.69) is 6.07 Å². The van der Waals surface area contributed by atoms with Crippen molar-refractivity contribution in [1.29, 1.82) is 0 Å². The average Bonchev–Trinajstić information content (AvgIpc) is 2.38. The fraction of sp³-hybridized carbons (Fsp3) is 0.267. The maximum absolute atomic E-state index is 12.4. The van der Waals surface area contributed by atoms with Crippen LogP contribution in [0.25, 0.3) is 5.69 Å². The summed E-state index contributed by atoms with van der Waals surface area (Å²) in [6, 6.07) is 9.85. The summed E-state index contributed by atoms with van der Waals surface area (Å²) < 4.78 is 2.94. The molecule has 0 amide bonds. The Labute approximate surface area is 121 Å². The van der Waals surface area contributed by atoms with Gasteiger partial charge in [0.2, 0.25) is 0 Å². The van der Waals surface area contributed by atoms with Gasteiger partial charge in [-0.2, -0.15) is 0 Å². The summed E-state index contributed by atoms with van der Waals surface area (Å²) in [5, 5.41) is 8.87. The standard InChI is InChI=1S/C15H18AsNO2/c1-11-10-13(16)6-7-14(11)17-8-2-4-12(15(17)19)5-3-9-18/h2,4,6-8,10,18H,3,5,9,16H2,1H3. The minimum atomic E-state index is 0.00779. The van der Waals surface area contributed by atoms with E-state index in [-0.39, 0.29) is 12.2 Å². The molecule has 1 heterocycles. The zero-order valence-corrected chi connectivity index (χ0v) is 13.4. The van der Waals surface area contributed by atoms with E-state index in [0.717, 1.165) is 16.8 Å². The molecule has 1 unspecified atom stereocenters. The molecule has 1 aromatic carbocycles. The monoisotopic (exact) mass is 319 g/mol. The first-order valence-electron chi connectivity index (χ1n) is 6.31. The molecule has 0 aliphatic carbocycles. The van der Waals surface area contributed by atoms with Gasteiger partial charge in [0.1, 0.15) is 0 Å². The fourth-order valence-electron chi connectivity index (χ4n) is 2.14. The molecule has 0 bridgehead atoms. The molecular formula is C15H18AsNO2. The third-order valence-corrected chi connectivity index (χ3v) is 3.86. The number of benzene rings is 1. The Hall–Kier alpha value is -1.31. The summed E-state index contributed by atoms with van der Waals surface area (Å²) in [6.45, 7) is 2.13. The molecule has 0 spiro atoms. The van der Waals surface area contributed by atoms with Crippen LogP contribution in [0.3, 0.4) is 0 Å². The van der Waals surface area contributed by atoms with E-state index in [1.807, 2.05) is 31.2 Å². The Morgan fingerprint density at radius 2 is 2.11 bits per heavy atom. The molecule has 2 rings (SSSR count). The number of hydrogen-bond donors (Lipinski definition) is 1. The summed E-state index contributed by atoms with van der Waals surface area (Å²) in [5.74, 6) is 0. The van der Waals surface area contributed by atoms with Crippen LogP contribution in [0.2, 0.25) is 0 Å². The second kappa shape index (κ2) is 6.22. The topological polar surface area (TPSA) is 42.2 Å². The van der Waals surface area contributed by atoms with Gasteiger partial charge < -0.3 is 0 Å². The van der Waals surface area contributed by atoms with Crippen molar-refractivity contribution in [2.75, 3.05) is 6.61 Å². The molecule has 1 N–H and O–H groups in total. The first-order valence-corrected chi connectivity index (χ1v) is 7.52. The van der Waals surface area contributed by atoms with Crippen LogP contribution in [0.4, 0.5) is 0 Å². The fourth-order valence-corrected chi connectivity index (χ4v) is 2.86. The number of nitrogens with zero attached hydrogens (tertiary/aromatic N) is 1. The van der Waals surface area contributed by atoms with Gasteiger partial charge >= 0.3 is 121 Å². The summed E-state index contributed by atoms with van der Waals surface area (Å²) >= 11 is 1.58. The van der Waals surface area contributed by atoms with Gasteiger partial charge in [-0.1, -0.05) is 0 Å². The van der Waals surface area contributed by atoms with Crippen molar-refractivity contribution >= 4 is 21.2 Å². The molecule has 3 nitrogen and oxygen atoms in total. The van der Waals surface area contributed by atoms with Crippen LogP contribution in [-0.2, 0) is 6.42 Å². The molecule has 2 aromatic rings. The van der Waals surface area contributed by atoms with Crippen molar-refractivity contribution in [2.45, 2.75) is 19.8 Å². The number of aryl methyl sites for hydroxylation is 2. The molecule has 19 heavy (non-hydrogen) atoms. The predicted octanol–water partition coefficient (Wildman–Crippen LogP) is 0.329. The molecule has 0 saturated carbocycles. The second-order valence-corrected chi connectivity index (χ2v) is 5.98. The van der Waals surface area contributed by atoms with Crippen LogP contribution < -0.4 is 9.91 Å². The average molecular weight is 319 g/mol. The van der Waals surface area contributed by atoms with Gasteiger partial charge in [-0.05, 0) is 0 Å². The summed E-state index contributed by atoms with van der Waals surface area (Å²) in [6.07, 6.45) is 3.03. The first-order chi connectivity index (χ1) is 9.13. The molecule has 0 saturated heterocycles. The third-order valence-electron chi connectivity index (χ3n) is 3.11. The third kappa shape index (κ3) is 3.17. The van der Waals surface area contributed by atoms with Crippen molar-refractivity contribution in [2.24, 2.45) is 0 Å². The van der Waals surface area contributed by atoms with Crippen molar-refractivity contribution in [3.05, 3.63) is 58.0 Å². The Morgan fingerprint density at radius 3 is 2.79 bits per heavy atom. The molecule has 0 aliphatic heterocycles. The van der Waals surface area contributed by atoms with E-state index in [1.165, 1.54) is 4.35 Å². The number of rotatable bonds is 4. The number of aliphatic hydroxyl groups is 1. The van der Waals surface area contributed by atoms with Crippen LogP contribution in [0.5, 0.6) is 0 Å². The number of aliphatic hydroxyl groups excluding tert-OH is 1. The molecule has 4 heteroatoms. The molecule has 100 valence electrons.